The Bertz CT molecular complexity index is 1370. The number of benzene rings is 2. The van der Waals surface area contributed by atoms with Crippen LogP contribution in [0.2, 0.25) is 0 Å². The number of carboxylic acid groups (broad SMARTS) is 1. The average molecular weight is 443 g/mol. The van der Waals surface area contributed by atoms with Gasteiger partial charge in [-0.3, -0.25) is 4.90 Å². The van der Waals surface area contributed by atoms with Gasteiger partial charge in [-0.1, -0.05) is 12.1 Å². The number of para-hydroxylation sites is 2. The number of fused-ring (bicyclic) bond motifs is 1. The molecule has 2 aromatic heterocycles. The van der Waals surface area contributed by atoms with Gasteiger partial charge in [0.15, 0.2) is 11.5 Å². The number of anilines is 3. The number of aromatic nitrogens is 2. The number of aryl methyl sites for hydroxylation is 1. The minimum Gasteiger partial charge on any atom is -0.493 e. The maximum absolute atomic E-state index is 11.4. The Balaban J connectivity index is 1.67. The second kappa shape index (κ2) is 8.80. The van der Waals surface area contributed by atoms with Crippen molar-refractivity contribution in [1.29, 1.82) is 5.26 Å². The zero-order chi connectivity index (χ0) is 23.5. The molecule has 2 heterocycles. The van der Waals surface area contributed by atoms with Crippen molar-refractivity contribution in [3.8, 4) is 23.3 Å². The van der Waals surface area contributed by atoms with Crippen LogP contribution >= 0.6 is 0 Å². The molecule has 0 bridgehead atoms. The van der Waals surface area contributed by atoms with Crippen LogP contribution in [0.25, 0.3) is 5.52 Å². The molecule has 0 saturated heterocycles. The smallest absolute Gasteiger partial charge is 0.411 e. The summed E-state index contributed by atoms with van der Waals surface area (Å²) < 4.78 is 12.8. The summed E-state index contributed by atoms with van der Waals surface area (Å²) >= 11 is 0. The molecule has 9 heteroatoms. The summed E-state index contributed by atoms with van der Waals surface area (Å²) in [5, 5.41) is 26.5. The van der Waals surface area contributed by atoms with Crippen LogP contribution in [0.4, 0.5) is 21.9 Å². The Morgan fingerprint density at radius 1 is 1.18 bits per heavy atom. The third kappa shape index (κ3) is 4.09. The Morgan fingerprint density at radius 2 is 1.88 bits per heavy atom. The first-order chi connectivity index (χ1) is 15.9. The van der Waals surface area contributed by atoms with Crippen LogP contribution in [-0.4, -0.2) is 35.0 Å². The van der Waals surface area contributed by atoms with E-state index in [0.717, 1.165) is 10.6 Å². The fourth-order valence-corrected chi connectivity index (χ4v) is 3.51. The average Bonchev–Trinajstić information content (AvgIpc) is 3.16. The van der Waals surface area contributed by atoms with E-state index in [1.54, 1.807) is 36.9 Å². The highest BCUT2D eigenvalue weighted by Gasteiger charge is 2.20. The van der Waals surface area contributed by atoms with Gasteiger partial charge in [-0.25, -0.2) is 9.31 Å². The zero-order valence-electron chi connectivity index (χ0n) is 18.2. The van der Waals surface area contributed by atoms with Gasteiger partial charge in [0.2, 0.25) is 0 Å². The van der Waals surface area contributed by atoms with Crippen LogP contribution in [0.1, 0.15) is 11.1 Å². The van der Waals surface area contributed by atoms with Crippen LogP contribution < -0.4 is 19.7 Å². The van der Waals surface area contributed by atoms with Crippen LogP contribution in [0, 0.1) is 18.3 Å². The van der Waals surface area contributed by atoms with Gasteiger partial charge in [-0.15, -0.1) is 0 Å². The van der Waals surface area contributed by atoms with Gasteiger partial charge >= 0.3 is 6.09 Å². The van der Waals surface area contributed by atoms with Gasteiger partial charge in [-0.05, 0) is 43.3 Å². The topological polar surface area (TPSA) is 112 Å². The minimum absolute atomic E-state index is 0.336. The van der Waals surface area contributed by atoms with Crippen molar-refractivity contribution in [3.05, 3.63) is 72.1 Å². The second-order valence-corrected chi connectivity index (χ2v) is 7.22. The van der Waals surface area contributed by atoms with E-state index in [0.29, 0.717) is 45.3 Å². The van der Waals surface area contributed by atoms with E-state index in [1.807, 2.05) is 36.4 Å². The van der Waals surface area contributed by atoms with Crippen LogP contribution in [0.3, 0.4) is 0 Å². The number of hydrogen-bond donors (Lipinski definition) is 2. The SMILES string of the molecule is COc1ccccc1Oc1ccc(Nc2c(C#N)cnn3cc(N(C)C(=O)O)c(C)c23)cc1. The zero-order valence-corrected chi connectivity index (χ0v) is 18.2. The number of methoxy groups -OCH3 is 1. The molecule has 0 fully saturated rings. The van der Waals surface area contributed by atoms with E-state index in [9.17, 15) is 15.2 Å². The lowest BCUT2D eigenvalue weighted by Gasteiger charge is -2.13. The summed E-state index contributed by atoms with van der Waals surface area (Å²) in [6, 6.07) is 16.8. The maximum Gasteiger partial charge on any atom is 0.411 e. The summed E-state index contributed by atoms with van der Waals surface area (Å²) in [7, 11) is 3.05. The predicted octanol–water partition coefficient (Wildman–Crippen LogP) is 5.17. The molecule has 2 aromatic carbocycles. The number of nitriles is 1. The molecule has 0 aliphatic carbocycles. The molecule has 4 aromatic rings. The van der Waals surface area contributed by atoms with E-state index in [4.69, 9.17) is 9.47 Å². The summed E-state index contributed by atoms with van der Waals surface area (Å²) in [5.74, 6) is 1.85. The molecule has 0 saturated carbocycles. The molecule has 2 N–H and O–H groups in total. The lowest BCUT2D eigenvalue weighted by molar-refractivity contribution is 0.203. The molecule has 9 nitrogen and oxygen atoms in total. The molecule has 0 unspecified atom stereocenters. The normalized spacial score (nSPS) is 10.5. The molecule has 33 heavy (non-hydrogen) atoms. The van der Waals surface area contributed by atoms with Crippen LogP contribution in [0.5, 0.6) is 17.2 Å². The number of rotatable bonds is 6. The van der Waals surface area contributed by atoms with Gasteiger partial charge in [-0.2, -0.15) is 10.4 Å². The quantitative estimate of drug-likeness (QED) is 0.423. The molecule has 0 spiro atoms. The highest BCUT2D eigenvalue weighted by Crippen LogP contribution is 2.35. The molecule has 0 aliphatic rings. The predicted molar refractivity (Wildman–Crippen MR) is 124 cm³/mol. The molecule has 0 atom stereocenters. The highest BCUT2D eigenvalue weighted by molar-refractivity contribution is 5.93. The van der Waals surface area contributed by atoms with Crippen molar-refractivity contribution >= 4 is 28.7 Å². The van der Waals surface area contributed by atoms with Gasteiger partial charge in [0.1, 0.15) is 11.8 Å². The van der Waals surface area contributed by atoms with Crippen molar-refractivity contribution < 1.29 is 19.4 Å². The maximum atomic E-state index is 11.4. The van der Waals surface area contributed by atoms with Crippen molar-refractivity contribution in [1.82, 2.24) is 9.61 Å². The molecular weight excluding hydrogens is 422 g/mol. The number of nitrogens with one attached hydrogen (secondary N) is 1. The van der Waals surface area contributed by atoms with Gasteiger partial charge in [0.05, 0.1) is 42.0 Å². The molecule has 0 aliphatic heterocycles. The van der Waals surface area contributed by atoms with Crippen molar-refractivity contribution in [3.63, 3.8) is 0 Å². The van der Waals surface area contributed by atoms with Crippen LogP contribution in [0.15, 0.2) is 60.9 Å². The number of carbonyl (C=O) groups is 1. The molecule has 166 valence electrons. The third-order valence-corrected chi connectivity index (χ3v) is 5.22. The first kappa shape index (κ1) is 21.5. The largest absolute Gasteiger partial charge is 0.493 e. The monoisotopic (exact) mass is 443 g/mol. The van der Waals surface area contributed by atoms with E-state index in [2.05, 4.69) is 16.5 Å². The number of ether oxygens (including phenoxy) is 2. The third-order valence-electron chi connectivity index (χ3n) is 5.22. The molecule has 4 rings (SSSR count). The lowest BCUT2D eigenvalue weighted by Crippen LogP contribution is -2.23. The second-order valence-electron chi connectivity index (χ2n) is 7.22. The Hall–Kier alpha value is -4.71. The highest BCUT2D eigenvalue weighted by atomic mass is 16.5. The standard InChI is InChI=1S/C24H21N5O4/c1-15-19(28(2)24(30)31)14-29-23(15)22(16(12-25)13-26-29)27-17-8-10-18(11-9-17)33-21-7-5-4-6-20(21)32-3/h4-11,13-14,27H,1-3H3,(H,30,31). The first-order valence-electron chi connectivity index (χ1n) is 9.98. The Kier molecular flexibility index (Phi) is 5.74. The van der Waals surface area contributed by atoms with E-state index >= 15 is 0 Å². The molecule has 0 radical (unpaired) electrons. The van der Waals surface area contributed by atoms with Gasteiger partial charge < -0.3 is 19.9 Å². The Labute approximate surface area is 190 Å². The van der Waals surface area contributed by atoms with Crippen molar-refractivity contribution in [2.45, 2.75) is 6.92 Å². The van der Waals surface area contributed by atoms with Crippen molar-refractivity contribution in [2.75, 3.05) is 24.4 Å². The first-order valence-corrected chi connectivity index (χ1v) is 9.98. The van der Waals surface area contributed by atoms with E-state index in [1.165, 1.54) is 13.2 Å². The number of hydrogen-bond acceptors (Lipinski definition) is 6. The summed E-state index contributed by atoms with van der Waals surface area (Å²) in [6.07, 6.45) is 1.98. The minimum atomic E-state index is -1.09. The number of nitrogens with zero attached hydrogens (tertiary/aromatic N) is 4. The molecular formula is C24H21N5O4. The fourth-order valence-electron chi connectivity index (χ4n) is 3.51. The van der Waals surface area contributed by atoms with Crippen LogP contribution in [-0.2, 0) is 0 Å². The summed E-state index contributed by atoms with van der Waals surface area (Å²) in [5.41, 5.74) is 3.38. The number of amides is 1. The van der Waals surface area contributed by atoms with Crippen molar-refractivity contribution in [2.24, 2.45) is 0 Å². The fraction of sp³-hybridized carbons (Fsp3) is 0.125. The van der Waals surface area contributed by atoms with E-state index < -0.39 is 6.09 Å². The Morgan fingerprint density at radius 3 is 2.52 bits per heavy atom. The lowest BCUT2D eigenvalue weighted by atomic mass is 10.1. The van der Waals surface area contributed by atoms with E-state index in [-0.39, 0.29) is 0 Å². The summed E-state index contributed by atoms with van der Waals surface area (Å²) in [6.45, 7) is 1.79. The van der Waals surface area contributed by atoms with Gasteiger partial charge in [0.25, 0.3) is 0 Å². The summed E-state index contributed by atoms with van der Waals surface area (Å²) in [4.78, 5) is 12.6. The van der Waals surface area contributed by atoms with Gasteiger partial charge in [0, 0.05) is 18.3 Å². The molecule has 1 amide bonds.